The highest BCUT2D eigenvalue weighted by Crippen LogP contribution is 2.24. The SMILES string of the molecule is O=C(/C=C/C1CCCCC1)N1CCOC1=O. The van der Waals surface area contributed by atoms with Crippen LogP contribution in [0.5, 0.6) is 0 Å². The van der Waals surface area contributed by atoms with Crippen LogP contribution in [0.3, 0.4) is 0 Å². The number of nitrogens with zero attached hydrogens (tertiary/aromatic N) is 1. The molecular weight excluding hydrogens is 206 g/mol. The molecule has 16 heavy (non-hydrogen) atoms. The Morgan fingerprint density at radius 2 is 2.06 bits per heavy atom. The molecule has 0 atom stereocenters. The predicted molar refractivity (Wildman–Crippen MR) is 58.8 cm³/mol. The lowest BCUT2D eigenvalue weighted by Gasteiger charge is -2.17. The second-order valence-electron chi connectivity index (χ2n) is 4.36. The van der Waals surface area contributed by atoms with E-state index in [1.165, 1.54) is 25.3 Å². The summed E-state index contributed by atoms with van der Waals surface area (Å²) in [4.78, 5) is 23.9. The van der Waals surface area contributed by atoms with Gasteiger partial charge in [0.05, 0.1) is 6.54 Å². The summed E-state index contributed by atoms with van der Waals surface area (Å²) in [6.07, 6.45) is 9.08. The summed E-state index contributed by atoms with van der Waals surface area (Å²) in [5, 5.41) is 0. The van der Waals surface area contributed by atoms with Crippen molar-refractivity contribution in [2.45, 2.75) is 32.1 Å². The minimum atomic E-state index is -0.515. The highest BCUT2D eigenvalue weighted by molar-refractivity contribution is 5.99. The lowest BCUT2D eigenvalue weighted by molar-refractivity contribution is -0.122. The summed E-state index contributed by atoms with van der Waals surface area (Å²) < 4.78 is 4.71. The number of hydrogen-bond donors (Lipinski definition) is 0. The van der Waals surface area contributed by atoms with Crippen LogP contribution < -0.4 is 0 Å². The second-order valence-corrected chi connectivity index (χ2v) is 4.36. The Hall–Kier alpha value is -1.32. The molecule has 4 nitrogen and oxygen atoms in total. The first-order valence-corrected chi connectivity index (χ1v) is 5.94. The molecule has 1 saturated heterocycles. The van der Waals surface area contributed by atoms with Crippen molar-refractivity contribution in [1.29, 1.82) is 0 Å². The quantitative estimate of drug-likeness (QED) is 0.673. The van der Waals surface area contributed by atoms with Gasteiger partial charge in [-0.05, 0) is 24.8 Å². The molecule has 0 bridgehead atoms. The molecule has 1 saturated carbocycles. The first-order valence-electron chi connectivity index (χ1n) is 5.94. The first-order chi connectivity index (χ1) is 7.77. The molecule has 0 unspecified atom stereocenters. The van der Waals surface area contributed by atoms with E-state index in [1.54, 1.807) is 0 Å². The second kappa shape index (κ2) is 5.14. The summed E-state index contributed by atoms with van der Waals surface area (Å²) in [5.74, 6) is 0.268. The van der Waals surface area contributed by atoms with Gasteiger partial charge in [0.15, 0.2) is 0 Å². The van der Waals surface area contributed by atoms with E-state index in [1.807, 2.05) is 6.08 Å². The number of ether oxygens (including phenoxy) is 1. The van der Waals surface area contributed by atoms with Crippen LogP contribution in [0.1, 0.15) is 32.1 Å². The van der Waals surface area contributed by atoms with Gasteiger partial charge < -0.3 is 4.74 Å². The molecule has 2 amide bonds. The van der Waals surface area contributed by atoms with E-state index >= 15 is 0 Å². The Bertz CT molecular complexity index is 305. The third-order valence-electron chi connectivity index (χ3n) is 3.19. The molecule has 2 fully saturated rings. The molecule has 1 aliphatic heterocycles. The highest BCUT2D eigenvalue weighted by Gasteiger charge is 2.26. The molecule has 0 spiro atoms. The maximum Gasteiger partial charge on any atom is 0.416 e. The van der Waals surface area contributed by atoms with E-state index in [-0.39, 0.29) is 5.91 Å². The van der Waals surface area contributed by atoms with Crippen molar-refractivity contribution in [2.75, 3.05) is 13.2 Å². The van der Waals surface area contributed by atoms with Crippen molar-refractivity contribution >= 4 is 12.0 Å². The Kier molecular flexibility index (Phi) is 3.59. The normalized spacial score (nSPS) is 22.8. The predicted octanol–water partition coefficient (Wildman–Crippen LogP) is 2.10. The number of carbonyl (C=O) groups is 2. The molecule has 2 rings (SSSR count). The van der Waals surface area contributed by atoms with Crippen LogP contribution in [0.2, 0.25) is 0 Å². The maximum absolute atomic E-state index is 11.6. The minimum Gasteiger partial charge on any atom is -0.447 e. The average Bonchev–Trinajstić information content (AvgIpc) is 2.74. The summed E-state index contributed by atoms with van der Waals surface area (Å²) in [6.45, 7) is 0.703. The molecule has 0 radical (unpaired) electrons. The van der Waals surface area contributed by atoms with Crippen LogP contribution in [0.15, 0.2) is 12.2 Å². The van der Waals surface area contributed by atoms with Gasteiger partial charge in [-0.1, -0.05) is 25.3 Å². The van der Waals surface area contributed by atoms with Gasteiger partial charge in [-0.25, -0.2) is 9.69 Å². The average molecular weight is 223 g/mol. The summed E-state index contributed by atoms with van der Waals surface area (Å²) in [5.41, 5.74) is 0. The topological polar surface area (TPSA) is 46.6 Å². The number of carbonyl (C=O) groups excluding carboxylic acids is 2. The van der Waals surface area contributed by atoms with Gasteiger partial charge in [-0.2, -0.15) is 0 Å². The fourth-order valence-electron chi connectivity index (χ4n) is 2.23. The molecule has 88 valence electrons. The Morgan fingerprint density at radius 3 is 2.69 bits per heavy atom. The molecule has 0 N–H and O–H groups in total. The summed E-state index contributed by atoms with van der Waals surface area (Å²) in [7, 11) is 0. The molecule has 1 aliphatic carbocycles. The van der Waals surface area contributed by atoms with E-state index in [0.717, 1.165) is 17.7 Å². The van der Waals surface area contributed by atoms with E-state index < -0.39 is 6.09 Å². The van der Waals surface area contributed by atoms with Crippen LogP contribution in [0.25, 0.3) is 0 Å². The third-order valence-corrected chi connectivity index (χ3v) is 3.19. The number of rotatable bonds is 2. The van der Waals surface area contributed by atoms with Gasteiger partial charge in [0.25, 0.3) is 5.91 Å². The van der Waals surface area contributed by atoms with Crippen molar-refractivity contribution in [3.8, 4) is 0 Å². The number of cyclic esters (lactones) is 1. The maximum atomic E-state index is 11.6. The van der Waals surface area contributed by atoms with Gasteiger partial charge in [0.2, 0.25) is 0 Å². The van der Waals surface area contributed by atoms with Crippen molar-refractivity contribution in [3.63, 3.8) is 0 Å². The number of allylic oxidation sites excluding steroid dienone is 1. The van der Waals surface area contributed by atoms with Crippen LogP contribution in [-0.4, -0.2) is 30.1 Å². The van der Waals surface area contributed by atoms with Gasteiger partial charge >= 0.3 is 6.09 Å². The number of amides is 2. The summed E-state index contributed by atoms with van der Waals surface area (Å²) in [6, 6.07) is 0. The lowest BCUT2D eigenvalue weighted by atomic mass is 9.89. The van der Waals surface area contributed by atoms with Crippen molar-refractivity contribution < 1.29 is 14.3 Å². The first kappa shape index (κ1) is 11.2. The van der Waals surface area contributed by atoms with Crippen LogP contribution in [0, 0.1) is 5.92 Å². The molecule has 0 aromatic rings. The third kappa shape index (κ3) is 2.62. The zero-order valence-electron chi connectivity index (χ0n) is 9.35. The van der Waals surface area contributed by atoms with Gasteiger partial charge in [0, 0.05) is 0 Å². The Labute approximate surface area is 95.2 Å². The number of hydrogen-bond acceptors (Lipinski definition) is 3. The van der Waals surface area contributed by atoms with Gasteiger partial charge in [0.1, 0.15) is 6.61 Å². The van der Waals surface area contributed by atoms with Crippen LogP contribution in [0.4, 0.5) is 4.79 Å². The molecular formula is C12H17NO3. The van der Waals surface area contributed by atoms with Gasteiger partial charge in [-0.15, -0.1) is 0 Å². The summed E-state index contributed by atoms with van der Waals surface area (Å²) >= 11 is 0. The molecule has 1 heterocycles. The molecule has 0 aromatic heterocycles. The smallest absolute Gasteiger partial charge is 0.416 e. The van der Waals surface area contributed by atoms with E-state index in [9.17, 15) is 9.59 Å². The zero-order valence-corrected chi connectivity index (χ0v) is 9.35. The van der Waals surface area contributed by atoms with Crippen molar-refractivity contribution in [2.24, 2.45) is 5.92 Å². The zero-order chi connectivity index (χ0) is 11.4. The van der Waals surface area contributed by atoms with Crippen molar-refractivity contribution in [1.82, 2.24) is 4.90 Å². The Balaban J connectivity index is 1.85. The highest BCUT2D eigenvalue weighted by atomic mass is 16.6. The van der Waals surface area contributed by atoms with Gasteiger partial charge in [-0.3, -0.25) is 4.79 Å². The van der Waals surface area contributed by atoms with E-state index in [2.05, 4.69) is 0 Å². The standard InChI is InChI=1S/C12H17NO3/c14-11(13-8-9-16-12(13)15)7-6-10-4-2-1-3-5-10/h6-7,10H,1-5,8-9H2/b7-6+. The largest absolute Gasteiger partial charge is 0.447 e. The van der Waals surface area contributed by atoms with E-state index in [0.29, 0.717) is 19.1 Å². The lowest BCUT2D eigenvalue weighted by Crippen LogP contribution is -2.30. The monoisotopic (exact) mass is 223 g/mol. The molecule has 4 heteroatoms. The fourth-order valence-corrected chi connectivity index (χ4v) is 2.23. The molecule has 2 aliphatic rings. The van der Waals surface area contributed by atoms with Crippen LogP contribution in [-0.2, 0) is 9.53 Å². The minimum absolute atomic E-state index is 0.243. The fraction of sp³-hybridized carbons (Fsp3) is 0.667. The van der Waals surface area contributed by atoms with Crippen LogP contribution >= 0.6 is 0 Å². The number of imide groups is 1. The molecule has 0 aromatic carbocycles. The van der Waals surface area contributed by atoms with E-state index in [4.69, 9.17) is 4.74 Å². The Morgan fingerprint density at radius 1 is 1.31 bits per heavy atom. The van der Waals surface area contributed by atoms with Crippen molar-refractivity contribution in [3.05, 3.63) is 12.2 Å².